The van der Waals surface area contributed by atoms with Gasteiger partial charge in [0.2, 0.25) is 0 Å². The van der Waals surface area contributed by atoms with Gasteiger partial charge in [0.1, 0.15) is 8.07 Å². The first-order valence-corrected chi connectivity index (χ1v) is 18.2. The van der Waals surface area contributed by atoms with Gasteiger partial charge in [-0.05, 0) is 63.5 Å². The number of para-hydroxylation sites is 2. The second-order valence-corrected chi connectivity index (χ2v) is 16.6. The number of pyridine rings is 2. The molecule has 3 aromatic heterocycles. The van der Waals surface area contributed by atoms with Crippen LogP contribution in [0, 0.1) is 0 Å². The van der Waals surface area contributed by atoms with Crippen LogP contribution in [0.3, 0.4) is 0 Å². The number of rotatable bonds is 3. The van der Waals surface area contributed by atoms with Crippen LogP contribution in [-0.4, -0.2) is 22.6 Å². The summed E-state index contributed by atoms with van der Waals surface area (Å²) in [6.45, 7) is 4.87. The van der Waals surface area contributed by atoms with Crippen LogP contribution >= 0.6 is 0 Å². The minimum absolute atomic E-state index is 1.01. The quantitative estimate of drug-likeness (QED) is 0.196. The van der Waals surface area contributed by atoms with Crippen molar-refractivity contribution in [3.8, 4) is 39.2 Å². The number of fused-ring (bicyclic) bond motifs is 7. The molecular formula is C40H29N3Si. The molecule has 1 aliphatic rings. The van der Waals surface area contributed by atoms with Crippen molar-refractivity contribution in [3.63, 3.8) is 0 Å². The molecule has 0 unspecified atom stereocenters. The molecule has 0 radical (unpaired) electrons. The molecule has 3 nitrogen and oxygen atoms in total. The number of aromatic nitrogens is 3. The number of hydrogen-bond acceptors (Lipinski definition) is 2. The average molecular weight is 580 g/mol. The van der Waals surface area contributed by atoms with Gasteiger partial charge in [-0.1, -0.05) is 104 Å². The predicted molar refractivity (Wildman–Crippen MR) is 187 cm³/mol. The first-order chi connectivity index (χ1) is 21.6. The molecule has 0 saturated carbocycles. The molecule has 44 heavy (non-hydrogen) atoms. The Balaban J connectivity index is 1.23. The minimum Gasteiger partial charge on any atom is -0.309 e. The maximum Gasteiger partial charge on any atom is 0.115 e. The highest BCUT2D eigenvalue weighted by Crippen LogP contribution is 2.37. The predicted octanol–water partition coefficient (Wildman–Crippen LogP) is 8.86. The summed E-state index contributed by atoms with van der Waals surface area (Å²) in [7, 11) is -1.74. The lowest BCUT2D eigenvalue weighted by Crippen LogP contribution is -2.49. The smallest absolute Gasteiger partial charge is 0.115 e. The molecule has 9 rings (SSSR count). The first kappa shape index (κ1) is 25.2. The third-order valence-electron chi connectivity index (χ3n) is 9.49. The summed E-state index contributed by atoms with van der Waals surface area (Å²) >= 11 is 0. The van der Waals surface area contributed by atoms with Crippen LogP contribution in [0.4, 0.5) is 0 Å². The third-order valence-corrected chi connectivity index (χ3v) is 13.0. The van der Waals surface area contributed by atoms with Gasteiger partial charge in [0, 0.05) is 45.4 Å². The van der Waals surface area contributed by atoms with Gasteiger partial charge in [-0.25, -0.2) is 0 Å². The summed E-state index contributed by atoms with van der Waals surface area (Å²) in [5.74, 6) is 0. The van der Waals surface area contributed by atoms with E-state index in [9.17, 15) is 0 Å². The van der Waals surface area contributed by atoms with Crippen LogP contribution in [0.5, 0.6) is 0 Å². The summed E-state index contributed by atoms with van der Waals surface area (Å²) in [5, 5.41) is 6.56. The van der Waals surface area contributed by atoms with E-state index in [1.54, 1.807) is 0 Å². The molecule has 0 saturated heterocycles. The zero-order chi connectivity index (χ0) is 29.4. The van der Waals surface area contributed by atoms with Crippen molar-refractivity contribution in [2.24, 2.45) is 0 Å². The molecule has 208 valence electrons. The van der Waals surface area contributed by atoms with E-state index in [1.165, 1.54) is 43.3 Å². The SMILES string of the molecule is C[Si]1(C)c2ccccc2-c2cc(-c3cccc(-n4c5ccccc5c5ccc(-c6cccc7cccnc67)cc54)c3)ncc21. The van der Waals surface area contributed by atoms with Crippen LogP contribution in [-0.2, 0) is 0 Å². The van der Waals surface area contributed by atoms with E-state index in [-0.39, 0.29) is 0 Å². The van der Waals surface area contributed by atoms with Gasteiger partial charge in [0.15, 0.2) is 0 Å². The molecule has 8 aromatic rings. The Morgan fingerprint density at radius 2 is 1.34 bits per heavy atom. The fraction of sp³-hybridized carbons (Fsp3) is 0.0500. The van der Waals surface area contributed by atoms with Gasteiger partial charge in [0.05, 0.1) is 22.2 Å². The second-order valence-electron chi connectivity index (χ2n) is 12.3. The molecule has 0 N–H and O–H groups in total. The van der Waals surface area contributed by atoms with Crippen molar-refractivity contribution in [1.82, 2.24) is 14.5 Å². The summed E-state index contributed by atoms with van der Waals surface area (Å²) in [4.78, 5) is 9.79. The zero-order valence-electron chi connectivity index (χ0n) is 24.6. The molecule has 0 bridgehead atoms. The normalized spacial score (nSPS) is 13.4. The topological polar surface area (TPSA) is 30.7 Å². The number of nitrogens with zero attached hydrogens (tertiary/aromatic N) is 3. The Morgan fingerprint density at radius 1 is 0.545 bits per heavy atom. The van der Waals surface area contributed by atoms with E-state index < -0.39 is 8.07 Å². The van der Waals surface area contributed by atoms with Crippen molar-refractivity contribution < 1.29 is 0 Å². The molecule has 0 fully saturated rings. The Bertz CT molecular complexity index is 2430. The second kappa shape index (κ2) is 9.34. The van der Waals surface area contributed by atoms with Gasteiger partial charge in [-0.3, -0.25) is 9.97 Å². The maximum atomic E-state index is 5.05. The molecule has 0 spiro atoms. The Hall–Kier alpha value is -5.32. The molecule has 0 amide bonds. The highest BCUT2D eigenvalue weighted by atomic mass is 28.3. The van der Waals surface area contributed by atoms with Gasteiger partial charge in [-0.15, -0.1) is 0 Å². The van der Waals surface area contributed by atoms with Crippen molar-refractivity contribution in [3.05, 3.63) is 140 Å². The van der Waals surface area contributed by atoms with E-state index in [0.29, 0.717) is 0 Å². The van der Waals surface area contributed by atoms with E-state index in [2.05, 4.69) is 145 Å². The molecule has 5 aromatic carbocycles. The first-order valence-electron chi connectivity index (χ1n) is 15.2. The van der Waals surface area contributed by atoms with Crippen LogP contribution in [0.1, 0.15) is 0 Å². The van der Waals surface area contributed by atoms with E-state index >= 15 is 0 Å². The van der Waals surface area contributed by atoms with Gasteiger partial charge in [0.25, 0.3) is 0 Å². The third kappa shape index (κ3) is 3.61. The largest absolute Gasteiger partial charge is 0.309 e. The highest BCUT2D eigenvalue weighted by Gasteiger charge is 2.37. The Labute approximate surface area is 257 Å². The summed E-state index contributed by atoms with van der Waals surface area (Å²) < 4.78 is 2.40. The number of benzene rings is 5. The summed E-state index contributed by atoms with van der Waals surface area (Å²) in [5.41, 5.74) is 11.7. The van der Waals surface area contributed by atoms with E-state index in [1.807, 2.05) is 12.3 Å². The van der Waals surface area contributed by atoms with Crippen molar-refractivity contribution >= 4 is 51.2 Å². The minimum atomic E-state index is -1.74. The lowest BCUT2D eigenvalue weighted by molar-refractivity contribution is 1.18. The fourth-order valence-electron chi connectivity index (χ4n) is 7.30. The van der Waals surface area contributed by atoms with Gasteiger partial charge in [-0.2, -0.15) is 0 Å². The lowest BCUT2D eigenvalue weighted by Gasteiger charge is -2.18. The van der Waals surface area contributed by atoms with Gasteiger partial charge < -0.3 is 4.57 Å². The van der Waals surface area contributed by atoms with Crippen LogP contribution < -0.4 is 10.4 Å². The van der Waals surface area contributed by atoms with Crippen LogP contribution in [0.25, 0.3) is 71.9 Å². The van der Waals surface area contributed by atoms with Crippen molar-refractivity contribution in [2.45, 2.75) is 13.1 Å². The Morgan fingerprint density at radius 3 is 2.30 bits per heavy atom. The lowest BCUT2D eigenvalue weighted by atomic mass is 10.0. The van der Waals surface area contributed by atoms with Crippen molar-refractivity contribution in [2.75, 3.05) is 0 Å². The Kier molecular flexibility index (Phi) is 5.35. The maximum absolute atomic E-state index is 5.05. The van der Waals surface area contributed by atoms with E-state index in [0.717, 1.165) is 39.0 Å². The van der Waals surface area contributed by atoms with Crippen LogP contribution in [0.15, 0.2) is 140 Å². The fourth-order valence-corrected chi connectivity index (χ4v) is 10.3. The van der Waals surface area contributed by atoms with Gasteiger partial charge >= 0.3 is 0 Å². The standard InChI is InChI=1S/C40H29N3Si/c1-44(2)38-18-6-4-15-33(38)34-24-35(42-25-39(34)44)28-11-7-13-29(22-28)43-36-17-5-3-14-31(36)32-20-19-27(23-37(32)43)30-16-8-10-26-12-9-21-41-40(26)30/h3-25H,1-2H3. The molecule has 1 aliphatic heterocycles. The average Bonchev–Trinajstić information content (AvgIpc) is 3.52. The zero-order valence-corrected chi connectivity index (χ0v) is 25.6. The highest BCUT2D eigenvalue weighted by molar-refractivity contribution is 7.03. The molecule has 0 aliphatic carbocycles. The summed E-state index contributed by atoms with van der Waals surface area (Å²) in [6.07, 6.45) is 4.02. The molecule has 0 atom stereocenters. The molecule has 4 heterocycles. The summed E-state index contributed by atoms with van der Waals surface area (Å²) in [6, 6.07) is 46.1. The van der Waals surface area contributed by atoms with Crippen LogP contribution in [0.2, 0.25) is 13.1 Å². The van der Waals surface area contributed by atoms with E-state index in [4.69, 9.17) is 9.97 Å². The molecular weight excluding hydrogens is 551 g/mol. The number of hydrogen-bond donors (Lipinski definition) is 0. The van der Waals surface area contributed by atoms with Crippen molar-refractivity contribution in [1.29, 1.82) is 0 Å². The monoisotopic (exact) mass is 579 g/mol. The molecule has 4 heteroatoms.